The van der Waals surface area contributed by atoms with Gasteiger partial charge in [0, 0.05) is 49.9 Å². The number of amides is 1. The molecular weight excluding hydrogens is 420 g/mol. The molecule has 5 rings (SSSR count). The largest absolute Gasteiger partial charge is 0.497 e. The van der Waals surface area contributed by atoms with E-state index in [4.69, 9.17) is 9.72 Å². The fourth-order valence-corrected chi connectivity index (χ4v) is 4.95. The molecule has 2 aromatic carbocycles. The number of hydrogen-bond acceptors (Lipinski definition) is 5. The first kappa shape index (κ1) is 20.7. The van der Waals surface area contributed by atoms with Crippen LogP contribution in [0.5, 0.6) is 5.75 Å². The first-order valence-corrected chi connectivity index (χ1v) is 11.8. The molecule has 3 heterocycles. The van der Waals surface area contributed by atoms with Crippen LogP contribution in [0.2, 0.25) is 0 Å². The van der Waals surface area contributed by atoms with Crippen molar-refractivity contribution in [3.63, 3.8) is 0 Å². The van der Waals surface area contributed by atoms with Gasteiger partial charge in [-0.1, -0.05) is 30.3 Å². The molecule has 4 aromatic rings. The molecule has 32 heavy (non-hydrogen) atoms. The van der Waals surface area contributed by atoms with Gasteiger partial charge in [-0.05, 0) is 36.2 Å². The highest BCUT2D eigenvalue weighted by molar-refractivity contribution is 7.15. The number of fused-ring (bicyclic) bond motifs is 1. The van der Waals surface area contributed by atoms with Gasteiger partial charge in [0.1, 0.15) is 11.4 Å². The van der Waals surface area contributed by atoms with Crippen molar-refractivity contribution >= 4 is 22.2 Å². The van der Waals surface area contributed by atoms with Crippen LogP contribution in [0.15, 0.2) is 66.2 Å². The van der Waals surface area contributed by atoms with Crippen molar-refractivity contribution in [2.45, 2.75) is 6.42 Å². The van der Waals surface area contributed by atoms with Crippen LogP contribution < -0.4 is 4.74 Å². The van der Waals surface area contributed by atoms with Gasteiger partial charge in [-0.3, -0.25) is 14.1 Å². The minimum Gasteiger partial charge on any atom is -0.497 e. The number of hydrogen-bond donors (Lipinski definition) is 0. The second-order valence-electron chi connectivity index (χ2n) is 8.00. The molecule has 0 aliphatic carbocycles. The predicted molar refractivity (Wildman–Crippen MR) is 128 cm³/mol. The van der Waals surface area contributed by atoms with Gasteiger partial charge in [-0.15, -0.1) is 11.3 Å². The number of methoxy groups -OCH3 is 1. The predicted octanol–water partition coefficient (Wildman–Crippen LogP) is 4.07. The van der Waals surface area contributed by atoms with Gasteiger partial charge >= 0.3 is 0 Å². The standard InChI is InChI=1S/C25H26N4O2S/c1-31-21-9-7-20(8-10-21)22-17-29-23(18-32-25(29)26-22)24(30)28-15-13-27(14-16-28)12-11-19-5-3-2-4-6-19/h2-10,17-18H,11-16H2,1H3. The van der Waals surface area contributed by atoms with E-state index in [0.29, 0.717) is 5.69 Å². The van der Waals surface area contributed by atoms with Crippen molar-refractivity contribution in [3.8, 4) is 17.0 Å². The summed E-state index contributed by atoms with van der Waals surface area (Å²) < 4.78 is 7.16. The monoisotopic (exact) mass is 446 g/mol. The second kappa shape index (κ2) is 9.14. The van der Waals surface area contributed by atoms with E-state index in [-0.39, 0.29) is 5.91 Å². The summed E-state index contributed by atoms with van der Waals surface area (Å²) >= 11 is 1.50. The van der Waals surface area contributed by atoms with Gasteiger partial charge in [-0.25, -0.2) is 4.98 Å². The number of nitrogens with zero attached hydrogens (tertiary/aromatic N) is 4. The third kappa shape index (κ3) is 4.26. The average Bonchev–Trinajstić information content (AvgIpc) is 3.44. The molecule has 0 bridgehead atoms. The SMILES string of the molecule is COc1ccc(-c2cn3c(C(=O)N4CCN(CCc5ccccc5)CC4)csc3n2)cc1. The van der Waals surface area contributed by atoms with Gasteiger partial charge in [0.25, 0.3) is 5.91 Å². The number of piperazine rings is 1. The zero-order valence-electron chi connectivity index (χ0n) is 18.1. The van der Waals surface area contributed by atoms with Crippen molar-refractivity contribution in [1.29, 1.82) is 0 Å². The van der Waals surface area contributed by atoms with Crippen molar-refractivity contribution in [3.05, 3.63) is 77.4 Å². The van der Waals surface area contributed by atoms with Crippen LogP contribution in [-0.4, -0.2) is 64.9 Å². The molecule has 0 saturated carbocycles. The Morgan fingerprint density at radius 3 is 2.50 bits per heavy atom. The molecule has 0 spiro atoms. The summed E-state index contributed by atoms with van der Waals surface area (Å²) in [5, 5.41) is 1.92. The van der Waals surface area contributed by atoms with Crippen molar-refractivity contribution in [2.75, 3.05) is 39.8 Å². The second-order valence-corrected chi connectivity index (χ2v) is 8.83. The smallest absolute Gasteiger partial charge is 0.271 e. The van der Waals surface area contributed by atoms with E-state index in [2.05, 4.69) is 35.2 Å². The first-order valence-electron chi connectivity index (χ1n) is 10.9. The molecule has 6 nitrogen and oxygen atoms in total. The zero-order valence-corrected chi connectivity index (χ0v) is 18.9. The maximum Gasteiger partial charge on any atom is 0.271 e. The molecule has 0 radical (unpaired) electrons. The van der Waals surface area contributed by atoms with E-state index in [0.717, 1.165) is 61.1 Å². The molecule has 0 atom stereocenters. The molecule has 1 aliphatic rings. The summed E-state index contributed by atoms with van der Waals surface area (Å²) in [4.78, 5) is 23.2. The lowest BCUT2D eigenvalue weighted by molar-refractivity contribution is 0.0632. The van der Waals surface area contributed by atoms with Crippen LogP contribution in [0.25, 0.3) is 16.2 Å². The van der Waals surface area contributed by atoms with Crippen LogP contribution in [0.3, 0.4) is 0 Å². The van der Waals surface area contributed by atoms with Crippen LogP contribution in [0.1, 0.15) is 16.1 Å². The highest BCUT2D eigenvalue weighted by Crippen LogP contribution is 2.26. The van der Waals surface area contributed by atoms with Gasteiger partial charge in [0.2, 0.25) is 0 Å². The number of imidazole rings is 1. The summed E-state index contributed by atoms with van der Waals surface area (Å²) in [5.41, 5.74) is 3.92. The highest BCUT2D eigenvalue weighted by atomic mass is 32.1. The normalized spacial score (nSPS) is 14.7. The molecule has 164 valence electrons. The Labute approximate surface area is 191 Å². The number of rotatable bonds is 6. The van der Waals surface area contributed by atoms with Crippen molar-refractivity contribution in [1.82, 2.24) is 19.2 Å². The molecule has 7 heteroatoms. The van der Waals surface area contributed by atoms with Crippen LogP contribution in [0.4, 0.5) is 0 Å². The summed E-state index contributed by atoms with van der Waals surface area (Å²) in [5.74, 6) is 0.895. The number of carbonyl (C=O) groups excluding carboxylic acids is 1. The van der Waals surface area contributed by atoms with Crippen LogP contribution >= 0.6 is 11.3 Å². The topological polar surface area (TPSA) is 50.1 Å². The molecule has 0 unspecified atom stereocenters. The van der Waals surface area contributed by atoms with E-state index in [1.165, 1.54) is 16.9 Å². The lowest BCUT2D eigenvalue weighted by Gasteiger charge is -2.34. The third-order valence-electron chi connectivity index (χ3n) is 6.03. The molecule has 1 fully saturated rings. The van der Waals surface area contributed by atoms with Crippen LogP contribution in [0, 0.1) is 0 Å². The van der Waals surface area contributed by atoms with Gasteiger partial charge in [0.15, 0.2) is 4.96 Å². The van der Waals surface area contributed by atoms with Crippen molar-refractivity contribution in [2.24, 2.45) is 0 Å². The van der Waals surface area contributed by atoms with E-state index >= 15 is 0 Å². The Morgan fingerprint density at radius 1 is 1.03 bits per heavy atom. The molecule has 0 N–H and O–H groups in total. The Hall–Kier alpha value is -3.16. The van der Waals surface area contributed by atoms with Gasteiger partial charge in [-0.2, -0.15) is 0 Å². The van der Waals surface area contributed by atoms with Crippen LogP contribution in [-0.2, 0) is 6.42 Å². The molecule has 1 saturated heterocycles. The highest BCUT2D eigenvalue weighted by Gasteiger charge is 2.25. The zero-order chi connectivity index (χ0) is 21.9. The van der Waals surface area contributed by atoms with Gasteiger partial charge in [0.05, 0.1) is 12.8 Å². The molecule has 1 aliphatic heterocycles. The lowest BCUT2D eigenvalue weighted by atomic mass is 10.1. The number of benzene rings is 2. The quantitative estimate of drug-likeness (QED) is 0.448. The fraction of sp³-hybridized carbons (Fsp3) is 0.280. The summed E-state index contributed by atoms with van der Waals surface area (Å²) in [6.07, 6.45) is 3.00. The van der Waals surface area contributed by atoms with E-state index in [1.54, 1.807) is 7.11 Å². The van der Waals surface area contributed by atoms with Gasteiger partial charge < -0.3 is 9.64 Å². The number of thiazole rings is 1. The number of aromatic nitrogens is 2. The molecular formula is C25H26N4O2S. The summed E-state index contributed by atoms with van der Waals surface area (Å²) in [6.45, 7) is 4.36. The van der Waals surface area contributed by atoms with Crippen molar-refractivity contribution < 1.29 is 9.53 Å². The van der Waals surface area contributed by atoms with E-state index in [9.17, 15) is 4.79 Å². The van der Waals surface area contributed by atoms with E-state index in [1.807, 2.05) is 45.1 Å². The molecule has 2 aromatic heterocycles. The minimum absolute atomic E-state index is 0.0811. The maximum atomic E-state index is 13.2. The maximum absolute atomic E-state index is 13.2. The summed E-state index contributed by atoms with van der Waals surface area (Å²) in [7, 11) is 1.66. The third-order valence-corrected chi connectivity index (χ3v) is 6.87. The minimum atomic E-state index is 0.0811. The first-order chi connectivity index (χ1) is 15.7. The average molecular weight is 447 g/mol. The van der Waals surface area contributed by atoms with E-state index < -0.39 is 0 Å². The lowest BCUT2D eigenvalue weighted by Crippen LogP contribution is -2.49. The Balaban J connectivity index is 1.23. The Morgan fingerprint density at radius 2 is 1.78 bits per heavy atom. The summed E-state index contributed by atoms with van der Waals surface area (Å²) in [6, 6.07) is 18.4. The number of ether oxygens (including phenoxy) is 1. The Bertz CT molecular complexity index is 1190. The molecule has 1 amide bonds. The number of carbonyl (C=O) groups is 1. The Kier molecular flexibility index (Phi) is 5.92. The fourth-order valence-electron chi connectivity index (χ4n) is 4.11.